The summed E-state index contributed by atoms with van der Waals surface area (Å²) in [6.45, 7) is 1.75. The minimum absolute atomic E-state index is 0.0713. The summed E-state index contributed by atoms with van der Waals surface area (Å²) in [6.07, 6.45) is 1.53. The van der Waals surface area contributed by atoms with Crippen LogP contribution in [0.4, 0.5) is 14.6 Å². The van der Waals surface area contributed by atoms with Gasteiger partial charge in [0.15, 0.2) is 0 Å². The van der Waals surface area contributed by atoms with Crippen molar-refractivity contribution in [2.45, 2.75) is 23.7 Å². The van der Waals surface area contributed by atoms with Gasteiger partial charge in [0.1, 0.15) is 11.6 Å². The quantitative estimate of drug-likeness (QED) is 0.433. The summed E-state index contributed by atoms with van der Waals surface area (Å²) >= 11 is 1.46. The average molecular weight is 531 g/mol. The van der Waals surface area contributed by atoms with Crippen molar-refractivity contribution in [3.63, 3.8) is 0 Å². The van der Waals surface area contributed by atoms with Crippen molar-refractivity contribution in [1.29, 1.82) is 0 Å². The van der Waals surface area contributed by atoms with E-state index in [2.05, 4.69) is 25.6 Å². The molecule has 37 heavy (non-hydrogen) atoms. The molecule has 3 aromatic rings. The minimum Gasteiger partial charge on any atom is -0.481 e. The van der Waals surface area contributed by atoms with Crippen molar-refractivity contribution >= 4 is 34.5 Å². The van der Waals surface area contributed by atoms with Crippen LogP contribution in [0.15, 0.2) is 35.4 Å². The van der Waals surface area contributed by atoms with Crippen molar-refractivity contribution in [3.8, 4) is 5.88 Å². The fourth-order valence-corrected chi connectivity index (χ4v) is 5.50. The first-order valence-electron chi connectivity index (χ1n) is 12.0. The summed E-state index contributed by atoms with van der Waals surface area (Å²) in [4.78, 5) is 27.5. The van der Waals surface area contributed by atoms with Crippen molar-refractivity contribution in [2.75, 3.05) is 51.5 Å². The molecule has 2 aliphatic heterocycles. The summed E-state index contributed by atoms with van der Waals surface area (Å²) < 4.78 is 40.8. The van der Waals surface area contributed by atoms with Gasteiger partial charge in [0, 0.05) is 50.8 Å². The van der Waals surface area contributed by atoms with Crippen molar-refractivity contribution < 1.29 is 23.0 Å². The number of fused-ring (bicyclic) bond motifs is 2. The van der Waals surface area contributed by atoms with Gasteiger partial charge in [-0.15, -0.1) is 11.8 Å². The number of anilines is 1. The molecule has 2 aliphatic rings. The van der Waals surface area contributed by atoms with Crippen molar-refractivity contribution in [1.82, 2.24) is 25.2 Å². The van der Waals surface area contributed by atoms with Crippen LogP contribution in [-0.2, 0) is 22.5 Å². The summed E-state index contributed by atoms with van der Waals surface area (Å²) in [5, 5.41) is 6.05. The van der Waals surface area contributed by atoms with Gasteiger partial charge in [-0.05, 0) is 24.6 Å². The van der Waals surface area contributed by atoms with Crippen LogP contribution in [0.3, 0.4) is 0 Å². The molecule has 196 valence electrons. The zero-order chi connectivity index (χ0) is 26.0. The predicted molar refractivity (Wildman–Crippen MR) is 136 cm³/mol. The number of thioether (sulfide) groups is 1. The van der Waals surface area contributed by atoms with Gasteiger partial charge in [-0.25, -0.2) is 18.7 Å². The highest BCUT2D eigenvalue weighted by Crippen LogP contribution is 2.33. The number of amides is 1. The lowest BCUT2D eigenvalue weighted by Crippen LogP contribution is -2.40. The van der Waals surface area contributed by atoms with E-state index in [4.69, 9.17) is 9.47 Å². The van der Waals surface area contributed by atoms with Gasteiger partial charge in [-0.1, -0.05) is 0 Å². The number of rotatable bonds is 9. The first-order valence-corrected chi connectivity index (χ1v) is 12.9. The van der Waals surface area contributed by atoms with E-state index in [9.17, 15) is 9.18 Å². The number of hydrogen-bond donors (Lipinski definition) is 2. The van der Waals surface area contributed by atoms with Gasteiger partial charge in [0.2, 0.25) is 17.6 Å². The third kappa shape index (κ3) is 5.52. The number of nitrogens with one attached hydrogen (secondary N) is 2. The fourth-order valence-electron chi connectivity index (χ4n) is 4.74. The van der Waals surface area contributed by atoms with Crippen LogP contribution in [0.1, 0.15) is 11.3 Å². The highest BCUT2D eigenvalue weighted by Gasteiger charge is 2.47. The normalized spacial score (nSPS) is 21.7. The molecule has 0 aromatic carbocycles. The second-order valence-corrected chi connectivity index (χ2v) is 10.1. The van der Waals surface area contributed by atoms with Crippen LogP contribution in [0.25, 0.3) is 11.0 Å². The molecule has 3 aromatic heterocycles. The van der Waals surface area contributed by atoms with Gasteiger partial charge in [0.05, 0.1) is 47.2 Å². The Balaban J connectivity index is 1.21. The molecule has 1 fully saturated rings. The Hall–Kier alpha value is -2.93. The second kappa shape index (κ2) is 10.8. The minimum atomic E-state index is -1.83. The number of aromatic nitrogens is 3. The molecule has 1 amide bonds. The number of methoxy groups -OCH3 is 2. The molecule has 5 heterocycles. The Morgan fingerprint density at radius 1 is 1.27 bits per heavy atom. The number of pyridine rings is 3. The Kier molecular flexibility index (Phi) is 7.52. The zero-order valence-corrected chi connectivity index (χ0v) is 21.4. The van der Waals surface area contributed by atoms with Gasteiger partial charge in [0.25, 0.3) is 0 Å². The lowest BCUT2D eigenvalue weighted by Gasteiger charge is -2.25. The number of ether oxygens (including phenoxy) is 2. The number of carbonyl (C=O) groups excluding carboxylic acids is 1. The maximum Gasteiger partial charge on any atom is 0.235 e. The van der Waals surface area contributed by atoms with E-state index in [-0.39, 0.29) is 12.5 Å². The lowest BCUT2D eigenvalue weighted by atomic mass is 10.0. The van der Waals surface area contributed by atoms with E-state index >= 15 is 4.39 Å². The highest BCUT2D eigenvalue weighted by molar-refractivity contribution is 8.00. The second-order valence-electron chi connectivity index (χ2n) is 9.10. The Morgan fingerprint density at radius 2 is 2.14 bits per heavy atom. The fraction of sp³-hybridized carbons (Fsp3) is 0.440. The van der Waals surface area contributed by atoms with E-state index in [1.807, 2.05) is 17.0 Å². The topological polar surface area (TPSA) is 102 Å². The number of likely N-dealkylation sites (tertiary alicyclic amines) is 1. The molecular formula is C25H28F2N6O3S. The van der Waals surface area contributed by atoms with Gasteiger partial charge in [-0.3, -0.25) is 14.7 Å². The molecule has 2 atom stereocenters. The third-order valence-electron chi connectivity index (χ3n) is 6.72. The molecule has 2 N–H and O–H groups in total. The lowest BCUT2D eigenvalue weighted by molar-refractivity contribution is -0.138. The van der Waals surface area contributed by atoms with Crippen LogP contribution >= 0.6 is 11.8 Å². The van der Waals surface area contributed by atoms with E-state index in [0.717, 1.165) is 10.6 Å². The van der Waals surface area contributed by atoms with E-state index < -0.39 is 17.6 Å². The average Bonchev–Trinajstić information content (AvgIpc) is 3.23. The van der Waals surface area contributed by atoms with E-state index in [1.54, 1.807) is 12.1 Å². The Labute approximate surface area is 217 Å². The summed E-state index contributed by atoms with van der Waals surface area (Å²) in [6, 6.07) is 7.25. The summed E-state index contributed by atoms with van der Waals surface area (Å²) in [5.41, 5.74) is 2.20. The largest absolute Gasteiger partial charge is 0.481 e. The first kappa shape index (κ1) is 25.7. The monoisotopic (exact) mass is 530 g/mol. The van der Waals surface area contributed by atoms with Crippen LogP contribution < -0.4 is 15.4 Å². The third-order valence-corrected chi connectivity index (χ3v) is 7.77. The first-order chi connectivity index (χ1) is 17.9. The number of halogens is 2. The van der Waals surface area contributed by atoms with Gasteiger partial charge in [-0.2, -0.15) is 0 Å². The van der Waals surface area contributed by atoms with Crippen LogP contribution in [-0.4, -0.2) is 77.8 Å². The van der Waals surface area contributed by atoms with E-state index in [0.29, 0.717) is 66.6 Å². The predicted octanol–water partition coefficient (Wildman–Crippen LogP) is 2.79. The van der Waals surface area contributed by atoms with Gasteiger partial charge < -0.3 is 20.1 Å². The van der Waals surface area contributed by atoms with E-state index in [1.165, 1.54) is 32.2 Å². The maximum absolute atomic E-state index is 15.6. The molecule has 0 bridgehead atoms. The number of hydrogen-bond acceptors (Lipinski definition) is 9. The number of nitrogens with zero attached hydrogens (tertiary/aromatic N) is 4. The molecule has 0 spiro atoms. The van der Waals surface area contributed by atoms with Crippen molar-refractivity contribution in [3.05, 3.63) is 47.5 Å². The molecule has 5 rings (SSSR count). The molecule has 1 saturated heterocycles. The van der Waals surface area contributed by atoms with Crippen LogP contribution in [0.2, 0.25) is 0 Å². The molecule has 0 unspecified atom stereocenters. The molecule has 12 heteroatoms. The Morgan fingerprint density at radius 3 is 2.95 bits per heavy atom. The highest BCUT2D eigenvalue weighted by atomic mass is 32.2. The number of alkyl halides is 1. The van der Waals surface area contributed by atoms with Crippen LogP contribution in [0, 0.1) is 11.7 Å². The molecule has 0 radical (unpaired) electrons. The molecule has 9 nitrogen and oxygen atoms in total. The zero-order valence-electron chi connectivity index (χ0n) is 20.6. The molecule has 0 aliphatic carbocycles. The SMILES string of the molecule is COc1ccc2ncc(F)c(CCN3C[C@H](CNCc4ccc5c(n4)NC(=O)CS5)[C@@](F)(OC)C3)c2n1. The maximum atomic E-state index is 15.6. The molecular weight excluding hydrogens is 502 g/mol. The van der Waals surface area contributed by atoms with Gasteiger partial charge >= 0.3 is 0 Å². The standard InChI is InChI=1S/C25H28F2N6O3S/c1-35-22-6-4-19-23(32-22)17(18(26)11-29-19)7-8-33-12-15(25(27,14-33)36-2)9-28-10-16-3-5-20-24(30-16)31-21(34)13-37-20/h3-6,11,15,28H,7-10,12-14H2,1-2H3,(H,30,31,34)/t15-,25-/m0/s1. The molecule has 0 saturated carbocycles. The smallest absolute Gasteiger partial charge is 0.235 e. The van der Waals surface area contributed by atoms with Crippen molar-refractivity contribution in [2.24, 2.45) is 5.92 Å². The Bertz CT molecular complexity index is 1310. The summed E-state index contributed by atoms with van der Waals surface area (Å²) in [7, 11) is 2.87. The number of carbonyl (C=O) groups is 1. The summed E-state index contributed by atoms with van der Waals surface area (Å²) in [5.74, 6) is -1.45. The van der Waals surface area contributed by atoms with Crippen LogP contribution in [0.5, 0.6) is 5.88 Å².